The Labute approximate surface area is 156 Å². The highest BCUT2D eigenvalue weighted by Crippen LogP contribution is 2.28. The van der Waals surface area contributed by atoms with Crippen LogP contribution in [0.2, 0.25) is 0 Å². The molecule has 0 unspecified atom stereocenters. The third-order valence-corrected chi connectivity index (χ3v) is 5.38. The maximum absolute atomic E-state index is 10.7. The molecule has 1 aromatic heterocycles. The van der Waals surface area contributed by atoms with Crippen LogP contribution in [-0.2, 0) is 6.54 Å². The second-order valence-corrected chi connectivity index (χ2v) is 7.65. The molecule has 146 valence electrons. The summed E-state index contributed by atoms with van der Waals surface area (Å²) < 4.78 is 5.16. The van der Waals surface area contributed by atoms with Crippen molar-refractivity contribution in [2.24, 2.45) is 4.99 Å². The Hall–Kier alpha value is -1.60. The van der Waals surface area contributed by atoms with Gasteiger partial charge in [-0.25, -0.2) is 0 Å². The monoisotopic (exact) mass is 363 g/mol. The zero-order chi connectivity index (χ0) is 18.4. The third-order valence-electron chi connectivity index (χ3n) is 5.38. The Morgan fingerprint density at radius 3 is 2.62 bits per heavy atom. The summed E-state index contributed by atoms with van der Waals surface area (Å²) in [7, 11) is 0. The lowest BCUT2D eigenvalue weighted by atomic mass is 9.85. The van der Waals surface area contributed by atoms with Crippen molar-refractivity contribution in [1.82, 2.24) is 20.3 Å². The van der Waals surface area contributed by atoms with Crippen LogP contribution in [0.3, 0.4) is 0 Å². The summed E-state index contributed by atoms with van der Waals surface area (Å²) in [6, 6.07) is 2.00. The standard InChI is InChI=1S/C19H33N5O2/c1-3-20-18(21-15-19(25)7-5-4-6-8-19)24-11-9-23(10-12-24)14-17-13-16(2)26-22-17/h13,25H,3-12,14-15H2,1-2H3,(H,20,21). The first-order chi connectivity index (χ1) is 12.6. The van der Waals surface area contributed by atoms with E-state index in [2.05, 4.69) is 27.2 Å². The Morgan fingerprint density at radius 1 is 1.27 bits per heavy atom. The van der Waals surface area contributed by atoms with Gasteiger partial charge in [-0.05, 0) is 26.7 Å². The Morgan fingerprint density at radius 2 is 2.00 bits per heavy atom. The molecule has 2 fully saturated rings. The number of hydrogen-bond acceptors (Lipinski definition) is 5. The number of aliphatic imine (C=N–C) groups is 1. The number of aryl methyl sites for hydroxylation is 1. The van der Waals surface area contributed by atoms with Gasteiger partial charge in [-0.3, -0.25) is 9.89 Å². The SMILES string of the molecule is CCNC(=NCC1(O)CCCCC1)N1CCN(Cc2cc(C)on2)CC1. The van der Waals surface area contributed by atoms with E-state index in [1.165, 1.54) is 6.42 Å². The highest BCUT2D eigenvalue weighted by molar-refractivity contribution is 5.80. The van der Waals surface area contributed by atoms with E-state index in [-0.39, 0.29) is 0 Å². The third kappa shape index (κ3) is 5.20. The van der Waals surface area contributed by atoms with Gasteiger partial charge in [0.2, 0.25) is 0 Å². The fraction of sp³-hybridized carbons (Fsp3) is 0.789. The summed E-state index contributed by atoms with van der Waals surface area (Å²) >= 11 is 0. The topological polar surface area (TPSA) is 77.1 Å². The van der Waals surface area contributed by atoms with Crippen molar-refractivity contribution in [2.45, 2.75) is 58.1 Å². The fourth-order valence-electron chi connectivity index (χ4n) is 3.86. The highest BCUT2D eigenvalue weighted by atomic mass is 16.5. The molecular weight excluding hydrogens is 330 g/mol. The van der Waals surface area contributed by atoms with Gasteiger partial charge in [0, 0.05) is 45.3 Å². The molecule has 0 radical (unpaired) electrons. The molecule has 0 bridgehead atoms. The summed E-state index contributed by atoms with van der Waals surface area (Å²) in [5.41, 5.74) is 0.391. The van der Waals surface area contributed by atoms with E-state index < -0.39 is 5.60 Å². The lowest BCUT2D eigenvalue weighted by molar-refractivity contribution is 0.0128. The van der Waals surface area contributed by atoms with Crippen LogP contribution in [-0.4, -0.2) is 70.9 Å². The molecule has 0 atom stereocenters. The quantitative estimate of drug-likeness (QED) is 0.613. The molecule has 1 aromatic rings. The smallest absolute Gasteiger partial charge is 0.194 e. The molecule has 7 heteroatoms. The van der Waals surface area contributed by atoms with Gasteiger partial charge in [0.15, 0.2) is 5.96 Å². The number of nitrogens with zero attached hydrogens (tertiary/aromatic N) is 4. The normalized spacial score (nSPS) is 21.8. The summed E-state index contributed by atoms with van der Waals surface area (Å²) in [6.07, 6.45) is 5.21. The minimum atomic E-state index is -0.606. The van der Waals surface area contributed by atoms with Gasteiger partial charge in [-0.2, -0.15) is 0 Å². The molecule has 1 aliphatic heterocycles. The molecule has 0 spiro atoms. The van der Waals surface area contributed by atoms with Gasteiger partial charge in [-0.15, -0.1) is 0 Å². The van der Waals surface area contributed by atoms with E-state index in [0.717, 1.165) is 82.4 Å². The minimum absolute atomic E-state index is 0.508. The lowest BCUT2D eigenvalue weighted by Gasteiger charge is -2.37. The fourth-order valence-corrected chi connectivity index (χ4v) is 3.86. The van der Waals surface area contributed by atoms with Crippen molar-refractivity contribution in [3.05, 3.63) is 17.5 Å². The average Bonchev–Trinajstić information content (AvgIpc) is 3.05. The zero-order valence-electron chi connectivity index (χ0n) is 16.2. The first-order valence-electron chi connectivity index (χ1n) is 9.98. The van der Waals surface area contributed by atoms with Crippen LogP contribution in [0.1, 0.15) is 50.5 Å². The van der Waals surface area contributed by atoms with Crippen molar-refractivity contribution >= 4 is 5.96 Å². The average molecular weight is 364 g/mol. The predicted molar refractivity (Wildman–Crippen MR) is 102 cm³/mol. The molecular formula is C19H33N5O2. The molecule has 1 saturated carbocycles. The largest absolute Gasteiger partial charge is 0.388 e. The van der Waals surface area contributed by atoms with Gasteiger partial charge in [0.05, 0.1) is 17.8 Å². The van der Waals surface area contributed by atoms with Gasteiger partial charge in [0.1, 0.15) is 5.76 Å². The molecule has 7 nitrogen and oxygen atoms in total. The van der Waals surface area contributed by atoms with Gasteiger partial charge >= 0.3 is 0 Å². The second kappa shape index (κ2) is 8.86. The number of hydrogen-bond donors (Lipinski definition) is 2. The van der Waals surface area contributed by atoms with Crippen LogP contribution >= 0.6 is 0 Å². The number of piperazine rings is 1. The van der Waals surface area contributed by atoms with Crippen molar-refractivity contribution in [2.75, 3.05) is 39.3 Å². The molecule has 1 saturated heterocycles. The number of aliphatic hydroxyl groups is 1. The predicted octanol–water partition coefficient (Wildman–Crippen LogP) is 1.76. The number of aromatic nitrogens is 1. The molecule has 2 heterocycles. The first-order valence-corrected chi connectivity index (χ1v) is 9.98. The maximum atomic E-state index is 10.7. The summed E-state index contributed by atoms with van der Waals surface area (Å²) in [5.74, 6) is 1.80. The Bertz CT molecular complexity index is 587. The van der Waals surface area contributed by atoms with Crippen LogP contribution in [0.25, 0.3) is 0 Å². The van der Waals surface area contributed by atoms with Crippen molar-refractivity contribution < 1.29 is 9.63 Å². The second-order valence-electron chi connectivity index (χ2n) is 7.65. The summed E-state index contributed by atoms with van der Waals surface area (Å²) in [4.78, 5) is 9.48. The van der Waals surface area contributed by atoms with Crippen molar-refractivity contribution in [3.63, 3.8) is 0 Å². The maximum Gasteiger partial charge on any atom is 0.194 e. The van der Waals surface area contributed by atoms with Crippen LogP contribution in [0, 0.1) is 6.92 Å². The van der Waals surface area contributed by atoms with E-state index in [4.69, 9.17) is 9.52 Å². The van der Waals surface area contributed by atoms with E-state index in [9.17, 15) is 5.11 Å². The van der Waals surface area contributed by atoms with E-state index in [0.29, 0.717) is 6.54 Å². The van der Waals surface area contributed by atoms with E-state index >= 15 is 0 Å². The molecule has 1 aliphatic carbocycles. The highest BCUT2D eigenvalue weighted by Gasteiger charge is 2.29. The summed E-state index contributed by atoms with van der Waals surface area (Å²) in [5, 5.41) is 18.2. The van der Waals surface area contributed by atoms with E-state index in [1.807, 2.05) is 13.0 Å². The van der Waals surface area contributed by atoms with Gasteiger partial charge in [0.25, 0.3) is 0 Å². The van der Waals surface area contributed by atoms with Crippen LogP contribution in [0.5, 0.6) is 0 Å². The molecule has 0 amide bonds. The van der Waals surface area contributed by atoms with Gasteiger partial charge < -0.3 is 19.8 Å². The molecule has 3 rings (SSSR count). The number of guanidine groups is 1. The molecule has 2 aliphatic rings. The number of nitrogens with one attached hydrogen (secondary N) is 1. The molecule has 2 N–H and O–H groups in total. The Kier molecular flexibility index (Phi) is 6.53. The van der Waals surface area contributed by atoms with Crippen LogP contribution in [0.15, 0.2) is 15.6 Å². The summed E-state index contributed by atoms with van der Waals surface area (Å²) in [6.45, 7) is 10.0. The molecule has 0 aromatic carbocycles. The Balaban J connectivity index is 1.53. The van der Waals surface area contributed by atoms with E-state index in [1.54, 1.807) is 0 Å². The molecule has 26 heavy (non-hydrogen) atoms. The van der Waals surface area contributed by atoms with Crippen LogP contribution in [0.4, 0.5) is 0 Å². The lowest BCUT2D eigenvalue weighted by Crippen LogP contribution is -2.52. The van der Waals surface area contributed by atoms with Crippen molar-refractivity contribution in [1.29, 1.82) is 0 Å². The minimum Gasteiger partial charge on any atom is -0.388 e. The number of rotatable bonds is 5. The van der Waals surface area contributed by atoms with Crippen LogP contribution < -0.4 is 5.32 Å². The van der Waals surface area contributed by atoms with Gasteiger partial charge in [-0.1, -0.05) is 24.4 Å². The zero-order valence-corrected chi connectivity index (χ0v) is 16.2. The van der Waals surface area contributed by atoms with Crippen molar-refractivity contribution in [3.8, 4) is 0 Å². The first kappa shape index (κ1) is 19.2.